The largest absolute Gasteiger partial charge is 0.300 e. The molecule has 4 fully saturated rings. The summed E-state index contributed by atoms with van der Waals surface area (Å²) in [7, 11) is -3.64. The Morgan fingerprint density at radius 3 is 1.94 bits per heavy atom. The molecule has 0 aromatic heterocycles. The van der Waals surface area contributed by atoms with E-state index >= 15 is 0 Å². The summed E-state index contributed by atoms with van der Waals surface area (Å²) >= 11 is 0. The molecule has 5 aromatic rings. The molecule has 0 saturated heterocycles. The van der Waals surface area contributed by atoms with Crippen LogP contribution in [0.5, 0.6) is 0 Å². The number of sulfone groups is 1. The number of nitrogens with one attached hydrogen (secondary N) is 2. The first-order valence-electron chi connectivity index (χ1n) is 17.0. The van der Waals surface area contributed by atoms with Crippen LogP contribution in [0.15, 0.2) is 131 Å². The van der Waals surface area contributed by atoms with Crippen LogP contribution in [0.25, 0.3) is 33.3 Å². The third-order valence-corrected chi connectivity index (χ3v) is 14.0. The molecule has 0 amide bonds. The van der Waals surface area contributed by atoms with Gasteiger partial charge in [0.15, 0.2) is 0 Å². The molecule has 2 heterocycles. The molecule has 4 nitrogen and oxygen atoms in total. The lowest BCUT2D eigenvalue weighted by Crippen LogP contribution is -2.57. The van der Waals surface area contributed by atoms with E-state index in [1.807, 2.05) is 18.2 Å². The standard InChI is InChI=1S/C42H36N2O2S/c45-47(46)40-11-4-3-10-36(40)42(32-21-26-20-27(23-32)24-33(42)22-26)37-17-16-31(25-41(37)47)28-12-14-30(15-13-28)38-18-19-39(44-43-38)35-9-5-7-29-6-1-2-8-34(29)35/h1-19,25-27,32-33,43-44H,20-24H2. The van der Waals surface area contributed by atoms with Crippen molar-refractivity contribution in [1.82, 2.24) is 10.9 Å². The van der Waals surface area contributed by atoms with Gasteiger partial charge in [-0.3, -0.25) is 0 Å². The third-order valence-electron chi connectivity index (χ3n) is 12.1. The number of hydrogen-bond acceptors (Lipinski definition) is 4. The van der Waals surface area contributed by atoms with Crippen molar-refractivity contribution >= 4 is 32.0 Å². The van der Waals surface area contributed by atoms with E-state index in [9.17, 15) is 8.42 Å². The van der Waals surface area contributed by atoms with Crippen molar-refractivity contribution < 1.29 is 8.42 Å². The van der Waals surface area contributed by atoms with E-state index in [1.165, 1.54) is 42.9 Å². The summed E-state index contributed by atoms with van der Waals surface area (Å²) in [6.45, 7) is 0. The van der Waals surface area contributed by atoms with E-state index in [2.05, 4.69) is 114 Å². The second kappa shape index (κ2) is 9.95. The maximum atomic E-state index is 14.3. The van der Waals surface area contributed by atoms with Crippen LogP contribution in [-0.2, 0) is 15.3 Å². The minimum absolute atomic E-state index is 0.197. The highest BCUT2D eigenvalue weighted by atomic mass is 32.2. The molecule has 47 heavy (non-hydrogen) atoms. The zero-order valence-electron chi connectivity index (χ0n) is 26.1. The van der Waals surface area contributed by atoms with Gasteiger partial charge >= 0.3 is 0 Å². The molecule has 4 aliphatic carbocycles. The van der Waals surface area contributed by atoms with E-state index in [4.69, 9.17) is 0 Å². The third kappa shape index (κ3) is 3.90. The second-order valence-electron chi connectivity index (χ2n) is 14.4. The highest BCUT2D eigenvalue weighted by Gasteiger charge is 2.62. The lowest BCUT2D eigenvalue weighted by molar-refractivity contribution is -0.0446. The van der Waals surface area contributed by atoms with Crippen LogP contribution in [-0.4, -0.2) is 8.42 Å². The van der Waals surface area contributed by atoms with Crippen LogP contribution in [0.4, 0.5) is 0 Å². The fraction of sp³-hybridized carbons (Fsp3) is 0.238. The molecule has 0 unspecified atom stereocenters. The maximum absolute atomic E-state index is 14.3. The van der Waals surface area contributed by atoms with Gasteiger partial charge in [-0.1, -0.05) is 97.1 Å². The van der Waals surface area contributed by atoms with Crippen molar-refractivity contribution in [2.75, 3.05) is 0 Å². The van der Waals surface area contributed by atoms with Gasteiger partial charge in [-0.2, -0.15) is 0 Å². The van der Waals surface area contributed by atoms with E-state index in [0.29, 0.717) is 21.6 Å². The summed E-state index contributed by atoms with van der Waals surface area (Å²) in [6.07, 6.45) is 10.5. The first kappa shape index (κ1) is 27.5. The van der Waals surface area contributed by atoms with Crippen LogP contribution < -0.4 is 10.9 Å². The highest BCUT2D eigenvalue weighted by molar-refractivity contribution is 7.91. The van der Waals surface area contributed by atoms with Gasteiger partial charge in [0.1, 0.15) is 0 Å². The first-order chi connectivity index (χ1) is 23.0. The maximum Gasteiger partial charge on any atom is 0.207 e. The number of hydrazine groups is 1. The number of rotatable bonds is 3. The zero-order chi connectivity index (χ0) is 31.3. The van der Waals surface area contributed by atoms with Crippen LogP contribution in [0.2, 0.25) is 0 Å². The molecule has 2 aliphatic heterocycles. The van der Waals surface area contributed by atoms with E-state index in [0.717, 1.165) is 56.6 Å². The Balaban J connectivity index is 1.01. The average Bonchev–Trinajstić information content (AvgIpc) is 3.11. The van der Waals surface area contributed by atoms with Crippen LogP contribution in [0.3, 0.4) is 0 Å². The molecule has 5 aromatic carbocycles. The Kier molecular flexibility index (Phi) is 5.82. The molecule has 0 radical (unpaired) electrons. The zero-order valence-corrected chi connectivity index (χ0v) is 26.9. The van der Waals surface area contributed by atoms with Crippen molar-refractivity contribution in [3.8, 4) is 11.1 Å². The van der Waals surface area contributed by atoms with E-state index in [-0.39, 0.29) is 5.41 Å². The molecule has 4 bridgehead atoms. The average molecular weight is 633 g/mol. The molecule has 6 aliphatic rings. The molecular weight excluding hydrogens is 597 g/mol. The Labute approximate surface area is 276 Å². The molecule has 2 N–H and O–H groups in total. The minimum Gasteiger partial charge on any atom is -0.300 e. The van der Waals surface area contributed by atoms with Crippen molar-refractivity contribution in [3.05, 3.63) is 144 Å². The van der Waals surface area contributed by atoms with Gasteiger partial charge < -0.3 is 10.9 Å². The summed E-state index contributed by atoms with van der Waals surface area (Å²) < 4.78 is 28.7. The molecule has 5 heteroatoms. The molecule has 11 rings (SSSR count). The SMILES string of the molecule is O=S1(=O)c2ccccc2C2(c3ccc(-c4ccc(C5=CC=C(c6cccc7ccccc67)NN5)cc4)cc31)C1CC3CC(C1)CC2C3. The fourth-order valence-electron chi connectivity index (χ4n) is 10.4. The number of benzene rings is 5. The number of hydrogen-bond donors (Lipinski definition) is 2. The Bertz CT molecular complexity index is 2250. The van der Waals surface area contributed by atoms with Gasteiger partial charge in [0.25, 0.3) is 0 Å². The predicted octanol–water partition coefficient (Wildman–Crippen LogP) is 8.89. The van der Waals surface area contributed by atoms with Crippen molar-refractivity contribution in [1.29, 1.82) is 0 Å². The van der Waals surface area contributed by atoms with Gasteiger partial charge in [0, 0.05) is 11.0 Å². The summed E-state index contributed by atoms with van der Waals surface area (Å²) in [5.41, 5.74) is 14.9. The van der Waals surface area contributed by atoms with Gasteiger partial charge in [-0.05, 0) is 119 Å². The summed E-state index contributed by atoms with van der Waals surface area (Å²) in [4.78, 5) is 1.06. The second-order valence-corrected chi connectivity index (χ2v) is 16.3. The number of allylic oxidation sites excluding steroid dienone is 2. The fourth-order valence-corrected chi connectivity index (χ4v) is 12.2. The minimum atomic E-state index is -3.64. The molecule has 4 saturated carbocycles. The quantitative estimate of drug-likeness (QED) is 0.209. The Morgan fingerprint density at radius 1 is 0.553 bits per heavy atom. The van der Waals surface area contributed by atoms with Gasteiger partial charge in [-0.15, -0.1) is 0 Å². The lowest BCUT2D eigenvalue weighted by atomic mass is 9.42. The predicted molar refractivity (Wildman–Crippen MR) is 188 cm³/mol. The Hall–Kier alpha value is -4.61. The van der Waals surface area contributed by atoms with Crippen LogP contribution >= 0.6 is 0 Å². The summed E-state index contributed by atoms with van der Waals surface area (Å²) in [6, 6.07) is 37.5. The van der Waals surface area contributed by atoms with E-state index < -0.39 is 9.84 Å². The molecular formula is C42H36N2O2S. The molecule has 232 valence electrons. The van der Waals surface area contributed by atoms with E-state index in [1.54, 1.807) is 0 Å². The van der Waals surface area contributed by atoms with Crippen LogP contribution in [0, 0.1) is 23.7 Å². The topological polar surface area (TPSA) is 58.2 Å². The Morgan fingerprint density at radius 2 is 1.17 bits per heavy atom. The number of fused-ring (bicyclic) bond motifs is 3. The van der Waals surface area contributed by atoms with Gasteiger partial charge in [-0.25, -0.2) is 8.42 Å². The van der Waals surface area contributed by atoms with Crippen LogP contribution in [0.1, 0.15) is 54.4 Å². The lowest BCUT2D eigenvalue weighted by Gasteiger charge is -2.63. The van der Waals surface area contributed by atoms with Gasteiger partial charge in [0.2, 0.25) is 9.84 Å². The first-order valence-corrected chi connectivity index (χ1v) is 18.5. The molecule has 0 atom stereocenters. The van der Waals surface area contributed by atoms with Crippen molar-refractivity contribution in [2.24, 2.45) is 23.7 Å². The van der Waals surface area contributed by atoms with Gasteiger partial charge in [0.05, 0.1) is 21.2 Å². The van der Waals surface area contributed by atoms with Crippen molar-refractivity contribution in [2.45, 2.75) is 47.3 Å². The highest BCUT2D eigenvalue weighted by Crippen LogP contribution is 2.68. The smallest absolute Gasteiger partial charge is 0.207 e. The summed E-state index contributed by atoms with van der Waals surface area (Å²) in [5.74, 6) is 2.64. The summed E-state index contributed by atoms with van der Waals surface area (Å²) in [5, 5.41) is 2.42. The molecule has 1 spiro atoms. The van der Waals surface area contributed by atoms with Crippen molar-refractivity contribution in [3.63, 3.8) is 0 Å². The normalized spacial score (nSPS) is 27.7. The monoisotopic (exact) mass is 632 g/mol.